The van der Waals surface area contributed by atoms with Gasteiger partial charge in [0.2, 0.25) is 0 Å². The van der Waals surface area contributed by atoms with Gasteiger partial charge >= 0.3 is 0 Å². The SMILES string of the molecule is CC(C)CC(=O)[B]C(=O)CC(C)C. The zero-order valence-corrected chi connectivity index (χ0v) is 8.96. The van der Waals surface area contributed by atoms with Crippen molar-refractivity contribution >= 4 is 18.6 Å². The van der Waals surface area contributed by atoms with Crippen molar-refractivity contribution in [1.29, 1.82) is 0 Å². The van der Waals surface area contributed by atoms with Crippen LogP contribution in [0.5, 0.6) is 0 Å². The van der Waals surface area contributed by atoms with Crippen molar-refractivity contribution in [3.63, 3.8) is 0 Å². The standard InChI is InChI=1S/C10H18BO2/c1-7(2)5-9(12)11-10(13)6-8(3)4/h7-8H,5-6H2,1-4H3. The molecule has 0 saturated carbocycles. The fourth-order valence-electron chi connectivity index (χ4n) is 1.10. The smallest absolute Gasteiger partial charge is 0.290 e. The summed E-state index contributed by atoms with van der Waals surface area (Å²) in [6, 6.07) is 0. The molecule has 3 heteroatoms. The Labute approximate surface area is 81.3 Å². The van der Waals surface area contributed by atoms with Gasteiger partial charge in [-0.3, -0.25) is 0 Å². The van der Waals surface area contributed by atoms with Crippen molar-refractivity contribution in [2.75, 3.05) is 0 Å². The zero-order valence-electron chi connectivity index (χ0n) is 8.96. The Hall–Kier alpha value is -0.595. The van der Waals surface area contributed by atoms with Crippen molar-refractivity contribution in [2.45, 2.75) is 40.5 Å². The fourth-order valence-corrected chi connectivity index (χ4v) is 1.10. The van der Waals surface area contributed by atoms with E-state index in [-0.39, 0.29) is 11.4 Å². The molecule has 0 aromatic rings. The Morgan fingerprint density at radius 1 is 0.923 bits per heavy atom. The lowest BCUT2D eigenvalue weighted by Gasteiger charge is -2.04. The largest absolute Gasteiger partial charge is 0.311 e. The Kier molecular flexibility index (Phi) is 5.68. The van der Waals surface area contributed by atoms with Gasteiger partial charge in [-0.2, -0.15) is 0 Å². The minimum absolute atomic E-state index is 0.0411. The highest BCUT2D eigenvalue weighted by Crippen LogP contribution is 2.02. The van der Waals surface area contributed by atoms with Gasteiger partial charge in [-0.1, -0.05) is 27.7 Å². The highest BCUT2D eigenvalue weighted by molar-refractivity contribution is 6.97. The van der Waals surface area contributed by atoms with Gasteiger partial charge < -0.3 is 9.59 Å². The molecular weight excluding hydrogens is 163 g/mol. The molecule has 73 valence electrons. The van der Waals surface area contributed by atoms with E-state index in [9.17, 15) is 9.59 Å². The van der Waals surface area contributed by atoms with E-state index >= 15 is 0 Å². The van der Waals surface area contributed by atoms with E-state index < -0.39 is 0 Å². The molecule has 1 radical (unpaired) electrons. The summed E-state index contributed by atoms with van der Waals surface area (Å²) < 4.78 is 0. The van der Waals surface area contributed by atoms with E-state index in [2.05, 4.69) is 0 Å². The van der Waals surface area contributed by atoms with Crippen LogP contribution in [0, 0.1) is 11.8 Å². The summed E-state index contributed by atoms with van der Waals surface area (Å²) >= 11 is 0. The molecule has 0 atom stereocenters. The van der Waals surface area contributed by atoms with Crippen molar-refractivity contribution in [1.82, 2.24) is 0 Å². The Morgan fingerprint density at radius 3 is 1.46 bits per heavy atom. The number of carbonyl (C=O) groups is 2. The van der Waals surface area contributed by atoms with Crippen molar-refractivity contribution in [3.8, 4) is 0 Å². The third-order valence-electron chi connectivity index (χ3n) is 1.54. The lowest BCUT2D eigenvalue weighted by Crippen LogP contribution is -2.22. The van der Waals surface area contributed by atoms with Crippen LogP contribution in [0.4, 0.5) is 0 Å². The molecule has 13 heavy (non-hydrogen) atoms. The summed E-state index contributed by atoms with van der Waals surface area (Å²) in [5.74, 6) is 0.659. The average molecular weight is 181 g/mol. The predicted molar refractivity (Wildman–Crippen MR) is 54.7 cm³/mol. The first-order valence-corrected chi connectivity index (χ1v) is 4.82. The molecule has 0 N–H and O–H groups in total. The molecule has 0 saturated heterocycles. The molecule has 0 aliphatic heterocycles. The van der Waals surface area contributed by atoms with Crippen LogP contribution in [0.15, 0.2) is 0 Å². The maximum atomic E-state index is 11.2. The van der Waals surface area contributed by atoms with Gasteiger partial charge in [-0.25, -0.2) is 0 Å². The molecule has 0 aliphatic rings. The van der Waals surface area contributed by atoms with Crippen LogP contribution in [0.1, 0.15) is 40.5 Å². The minimum Gasteiger partial charge on any atom is -0.311 e. The van der Waals surface area contributed by atoms with Crippen LogP contribution in [0.25, 0.3) is 0 Å². The summed E-state index contributed by atoms with van der Waals surface area (Å²) in [7, 11) is 1.25. The summed E-state index contributed by atoms with van der Waals surface area (Å²) in [5.41, 5.74) is -0.0821. The fraction of sp³-hybridized carbons (Fsp3) is 0.800. The molecule has 0 bridgehead atoms. The monoisotopic (exact) mass is 181 g/mol. The molecule has 0 aromatic carbocycles. The van der Waals surface area contributed by atoms with Crippen molar-refractivity contribution in [3.05, 3.63) is 0 Å². The Bertz CT molecular complexity index is 165. The summed E-state index contributed by atoms with van der Waals surface area (Å²) in [6.07, 6.45) is 0.952. The second kappa shape index (κ2) is 5.95. The van der Waals surface area contributed by atoms with Gasteiger partial charge in [-0.05, 0) is 24.7 Å². The van der Waals surface area contributed by atoms with Crippen LogP contribution in [0.3, 0.4) is 0 Å². The number of hydrogen-bond donors (Lipinski definition) is 0. The lowest BCUT2D eigenvalue weighted by atomic mass is 9.64. The maximum Gasteiger partial charge on any atom is 0.290 e. The predicted octanol–water partition coefficient (Wildman–Crippen LogP) is 1.84. The first-order chi connectivity index (χ1) is 5.91. The van der Waals surface area contributed by atoms with E-state index in [4.69, 9.17) is 0 Å². The normalized spacial score (nSPS) is 10.6. The quantitative estimate of drug-likeness (QED) is 0.586. The van der Waals surface area contributed by atoms with Crippen LogP contribution in [0.2, 0.25) is 0 Å². The van der Waals surface area contributed by atoms with E-state index in [1.807, 2.05) is 27.7 Å². The molecule has 2 nitrogen and oxygen atoms in total. The summed E-state index contributed by atoms with van der Waals surface area (Å²) in [4.78, 5) is 22.3. The third kappa shape index (κ3) is 7.76. The van der Waals surface area contributed by atoms with Crippen molar-refractivity contribution in [2.24, 2.45) is 11.8 Å². The Morgan fingerprint density at radius 2 is 1.23 bits per heavy atom. The van der Waals surface area contributed by atoms with Gasteiger partial charge in [0.15, 0.2) is 0 Å². The molecular formula is C10H18BO2. The van der Waals surface area contributed by atoms with Gasteiger partial charge in [-0.15, -0.1) is 0 Å². The van der Waals surface area contributed by atoms with Gasteiger partial charge in [0.25, 0.3) is 7.28 Å². The lowest BCUT2D eigenvalue weighted by molar-refractivity contribution is -0.115. The first-order valence-electron chi connectivity index (χ1n) is 4.82. The van der Waals surface area contributed by atoms with Crippen LogP contribution in [-0.4, -0.2) is 18.6 Å². The van der Waals surface area contributed by atoms with Crippen LogP contribution in [-0.2, 0) is 9.59 Å². The maximum absolute atomic E-state index is 11.2. The molecule has 0 heterocycles. The van der Waals surface area contributed by atoms with E-state index in [0.29, 0.717) is 24.7 Å². The summed E-state index contributed by atoms with van der Waals surface area (Å²) in [6.45, 7) is 7.88. The third-order valence-corrected chi connectivity index (χ3v) is 1.54. The number of rotatable bonds is 6. The molecule has 0 aliphatic carbocycles. The van der Waals surface area contributed by atoms with Crippen molar-refractivity contribution < 1.29 is 9.59 Å². The van der Waals surface area contributed by atoms with Crippen LogP contribution >= 0.6 is 0 Å². The number of carbonyl (C=O) groups excluding carboxylic acids is 2. The molecule has 0 spiro atoms. The number of hydrogen-bond acceptors (Lipinski definition) is 2. The average Bonchev–Trinajstić information content (AvgIpc) is 1.80. The van der Waals surface area contributed by atoms with E-state index in [1.165, 1.54) is 7.28 Å². The van der Waals surface area contributed by atoms with Gasteiger partial charge in [0.05, 0.1) is 11.4 Å². The van der Waals surface area contributed by atoms with Gasteiger partial charge in [0.1, 0.15) is 0 Å². The van der Waals surface area contributed by atoms with Gasteiger partial charge in [0, 0.05) is 0 Å². The summed E-state index contributed by atoms with van der Waals surface area (Å²) in [5, 5.41) is 0. The molecule has 0 rings (SSSR count). The molecule has 0 amide bonds. The Balaban J connectivity index is 3.72. The van der Waals surface area contributed by atoms with Crippen LogP contribution < -0.4 is 0 Å². The highest BCUT2D eigenvalue weighted by Gasteiger charge is 2.14. The zero-order chi connectivity index (χ0) is 10.4. The minimum atomic E-state index is -0.0411. The van der Waals surface area contributed by atoms with E-state index in [0.717, 1.165) is 0 Å². The topological polar surface area (TPSA) is 34.1 Å². The molecule has 0 unspecified atom stereocenters. The molecule has 0 fully saturated rings. The first kappa shape index (κ1) is 12.4. The second-order valence-electron chi connectivity index (χ2n) is 4.27. The highest BCUT2D eigenvalue weighted by atomic mass is 16.1. The van der Waals surface area contributed by atoms with E-state index in [1.54, 1.807) is 0 Å². The molecule has 0 aromatic heterocycles. The second-order valence-corrected chi connectivity index (χ2v) is 4.27.